The first kappa shape index (κ1) is 25.2. The van der Waals surface area contributed by atoms with E-state index in [2.05, 4.69) is 60.2 Å². The van der Waals surface area contributed by atoms with Crippen LogP contribution in [-0.4, -0.2) is 11.6 Å². The van der Waals surface area contributed by atoms with Gasteiger partial charge in [-0.1, -0.05) is 67.9 Å². The van der Waals surface area contributed by atoms with Crippen molar-refractivity contribution in [2.24, 2.45) is 56.2 Å². The van der Waals surface area contributed by atoms with Gasteiger partial charge in [0.05, 0.1) is 6.57 Å². The average Bonchev–Trinajstić information content (AvgIpc) is 2.77. The van der Waals surface area contributed by atoms with Crippen molar-refractivity contribution in [3.8, 4) is 0 Å². The summed E-state index contributed by atoms with van der Waals surface area (Å²) in [7, 11) is 0. The molecule has 0 heterocycles. The number of ketones is 2. The standard InChI is InChI=1S/C32H47NO2/c1-10-32-15-13-27(2,3)18-20(32)25-22(34)17-24-29(6)19-21(33-9)26(35)28(4,5)23(29)11-12-30(24,7)31(25,8)14-16-32/h19-20,23-25H,10-18H2,1-8H3/t20?,23-,24?,25?,29-,30+,31+,32+/m0/s1. The van der Waals surface area contributed by atoms with Crippen molar-refractivity contribution in [3.05, 3.63) is 23.2 Å². The molecule has 4 fully saturated rings. The molecular formula is C32H47NO2. The first-order chi connectivity index (χ1) is 16.1. The van der Waals surface area contributed by atoms with E-state index in [1.807, 2.05) is 6.08 Å². The van der Waals surface area contributed by atoms with Gasteiger partial charge in [0, 0.05) is 17.8 Å². The van der Waals surface area contributed by atoms with E-state index in [0.717, 1.165) is 19.3 Å². The van der Waals surface area contributed by atoms with Gasteiger partial charge in [0.25, 0.3) is 0 Å². The van der Waals surface area contributed by atoms with Gasteiger partial charge in [-0.2, -0.15) is 0 Å². The zero-order valence-electron chi connectivity index (χ0n) is 23.5. The van der Waals surface area contributed by atoms with Crippen LogP contribution < -0.4 is 0 Å². The number of carbonyl (C=O) groups excluding carboxylic acids is 2. The van der Waals surface area contributed by atoms with Crippen LogP contribution in [0.2, 0.25) is 0 Å². The molecular weight excluding hydrogens is 430 g/mol. The Bertz CT molecular complexity index is 1040. The number of Topliss-reactive ketones (excluding diaryl/α,β-unsaturated/α-hetero) is 2. The van der Waals surface area contributed by atoms with Gasteiger partial charge in [-0.05, 0) is 89.8 Å². The maximum Gasteiger partial charge on any atom is 0.226 e. The molecule has 0 bridgehead atoms. The minimum atomic E-state index is -0.553. The fourth-order valence-electron chi connectivity index (χ4n) is 11.0. The summed E-state index contributed by atoms with van der Waals surface area (Å²) < 4.78 is 0. The highest BCUT2D eigenvalue weighted by atomic mass is 16.1. The van der Waals surface area contributed by atoms with E-state index in [0.29, 0.717) is 34.6 Å². The van der Waals surface area contributed by atoms with Crippen LogP contribution in [0.3, 0.4) is 0 Å². The predicted molar refractivity (Wildman–Crippen MR) is 140 cm³/mol. The molecule has 0 aromatic heterocycles. The largest absolute Gasteiger partial charge is 0.307 e. The van der Waals surface area contributed by atoms with E-state index < -0.39 is 5.41 Å². The quantitative estimate of drug-likeness (QED) is 0.358. The Morgan fingerprint density at radius 2 is 1.57 bits per heavy atom. The molecule has 5 aliphatic rings. The number of hydrogen-bond donors (Lipinski definition) is 0. The van der Waals surface area contributed by atoms with Gasteiger partial charge in [0.2, 0.25) is 5.70 Å². The van der Waals surface area contributed by atoms with Crippen molar-refractivity contribution < 1.29 is 9.59 Å². The number of carbonyl (C=O) groups is 2. The lowest BCUT2D eigenvalue weighted by Crippen LogP contribution is -2.68. The molecule has 5 aliphatic carbocycles. The van der Waals surface area contributed by atoms with Crippen LogP contribution in [0.1, 0.15) is 113 Å². The van der Waals surface area contributed by atoms with Gasteiger partial charge < -0.3 is 4.79 Å². The van der Waals surface area contributed by atoms with Gasteiger partial charge in [0.15, 0.2) is 5.78 Å². The van der Waals surface area contributed by atoms with E-state index in [1.54, 1.807) is 0 Å². The monoisotopic (exact) mass is 477 g/mol. The highest BCUT2D eigenvalue weighted by Crippen LogP contribution is 2.76. The summed E-state index contributed by atoms with van der Waals surface area (Å²) in [5.41, 5.74) is 0.122. The van der Waals surface area contributed by atoms with Crippen molar-refractivity contribution in [2.45, 2.75) is 113 Å². The second-order valence-corrected chi connectivity index (χ2v) is 15.4. The Morgan fingerprint density at radius 3 is 2.20 bits per heavy atom. The summed E-state index contributed by atoms with van der Waals surface area (Å²) in [5.74, 6) is 1.51. The summed E-state index contributed by atoms with van der Waals surface area (Å²) in [5, 5.41) is 0. The molecule has 0 aliphatic heterocycles. The van der Waals surface area contributed by atoms with Crippen LogP contribution in [0.4, 0.5) is 0 Å². The fraction of sp³-hybridized carbons (Fsp3) is 0.844. The maximum absolute atomic E-state index is 14.4. The molecule has 8 atom stereocenters. The van der Waals surface area contributed by atoms with Gasteiger partial charge >= 0.3 is 0 Å². The summed E-state index contributed by atoms with van der Waals surface area (Å²) in [4.78, 5) is 31.3. The molecule has 0 saturated heterocycles. The third-order valence-corrected chi connectivity index (χ3v) is 13.3. The number of rotatable bonds is 1. The highest BCUT2D eigenvalue weighted by molar-refractivity contribution is 6.02. The van der Waals surface area contributed by atoms with Crippen LogP contribution >= 0.6 is 0 Å². The maximum atomic E-state index is 14.4. The summed E-state index contributed by atoms with van der Waals surface area (Å²) in [6, 6.07) is 0. The second kappa shape index (κ2) is 7.33. The van der Waals surface area contributed by atoms with Crippen molar-refractivity contribution in [1.82, 2.24) is 0 Å². The zero-order chi connectivity index (χ0) is 25.8. The van der Waals surface area contributed by atoms with Gasteiger partial charge in [-0.25, -0.2) is 4.85 Å². The van der Waals surface area contributed by atoms with Gasteiger partial charge in [-0.3, -0.25) is 4.79 Å². The van der Waals surface area contributed by atoms with E-state index in [1.165, 1.54) is 32.1 Å². The molecule has 35 heavy (non-hydrogen) atoms. The Hall–Kier alpha value is -1.43. The summed E-state index contributed by atoms with van der Waals surface area (Å²) in [6.07, 6.45) is 12.1. The minimum Gasteiger partial charge on any atom is -0.307 e. The molecule has 192 valence electrons. The molecule has 0 aromatic rings. The second-order valence-electron chi connectivity index (χ2n) is 15.4. The first-order valence-corrected chi connectivity index (χ1v) is 14.3. The number of hydrogen-bond acceptors (Lipinski definition) is 2. The molecule has 0 spiro atoms. The van der Waals surface area contributed by atoms with Crippen LogP contribution in [0, 0.1) is 62.7 Å². The van der Waals surface area contributed by atoms with Crippen LogP contribution in [-0.2, 0) is 9.59 Å². The average molecular weight is 478 g/mol. The van der Waals surface area contributed by atoms with Gasteiger partial charge in [-0.15, -0.1) is 0 Å². The molecule has 0 N–H and O–H groups in total. The normalized spacial score (nSPS) is 50.1. The Labute approximate surface area is 213 Å². The third-order valence-electron chi connectivity index (χ3n) is 13.3. The topological polar surface area (TPSA) is 38.5 Å². The van der Waals surface area contributed by atoms with Crippen molar-refractivity contribution in [1.29, 1.82) is 0 Å². The first-order valence-electron chi connectivity index (χ1n) is 14.3. The SMILES string of the molecule is [C-]#[N+]C1=C[C@]2(C)C3CC(=O)C4C5CC(C)(C)CC[C@]5(CC)CC[C@@]4(C)[C@]3(C)CC[C@H]2C(C)(C)C1=O. The smallest absolute Gasteiger partial charge is 0.226 e. The summed E-state index contributed by atoms with van der Waals surface area (Å²) >= 11 is 0. The third kappa shape index (κ3) is 3.01. The van der Waals surface area contributed by atoms with Crippen LogP contribution in [0.25, 0.3) is 4.85 Å². The van der Waals surface area contributed by atoms with Crippen molar-refractivity contribution in [3.63, 3.8) is 0 Å². The lowest BCUT2D eigenvalue weighted by molar-refractivity contribution is -0.223. The molecule has 0 radical (unpaired) electrons. The van der Waals surface area contributed by atoms with Gasteiger partial charge in [0.1, 0.15) is 5.78 Å². The number of allylic oxidation sites excluding steroid dienone is 2. The summed E-state index contributed by atoms with van der Waals surface area (Å²) in [6.45, 7) is 26.3. The molecule has 0 aromatic carbocycles. The van der Waals surface area contributed by atoms with Crippen LogP contribution in [0.15, 0.2) is 11.8 Å². The fourth-order valence-corrected chi connectivity index (χ4v) is 11.0. The molecule has 3 heteroatoms. The molecule has 4 saturated carbocycles. The number of nitrogens with zero attached hydrogens (tertiary/aromatic N) is 1. The molecule has 0 amide bonds. The predicted octanol–water partition coefficient (Wildman–Crippen LogP) is 8.05. The Balaban J connectivity index is 1.63. The molecule has 5 rings (SSSR count). The van der Waals surface area contributed by atoms with E-state index in [-0.39, 0.29) is 39.8 Å². The lowest BCUT2D eigenvalue weighted by Gasteiger charge is -2.72. The van der Waals surface area contributed by atoms with E-state index >= 15 is 0 Å². The zero-order valence-corrected chi connectivity index (χ0v) is 23.5. The Morgan fingerprint density at radius 1 is 0.914 bits per heavy atom. The van der Waals surface area contributed by atoms with E-state index in [4.69, 9.17) is 6.57 Å². The molecule has 3 unspecified atom stereocenters. The highest BCUT2D eigenvalue weighted by Gasteiger charge is 2.71. The number of fused-ring (bicyclic) bond motifs is 7. The lowest BCUT2D eigenvalue weighted by atomic mass is 9.31. The Kier molecular flexibility index (Phi) is 5.28. The molecule has 3 nitrogen and oxygen atoms in total. The van der Waals surface area contributed by atoms with E-state index in [9.17, 15) is 9.59 Å². The van der Waals surface area contributed by atoms with Crippen LogP contribution in [0.5, 0.6) is 0 Å². The van der Waals surface area contributed by atoms with Crippen molar-refractivity contribution >= 4 is 11.6 Å². The van der Waals surface area contributed by atoms with Crippen molar-refractivity contribution in [2.75, 3.05) is 0 Å². The minimum absolute atomic E-state index is 0.000338.